The summed E-state index contributed by atoms with van der Waals surface area (Å²) in [4.78, 5) is 2.44. The largest absolute Gasteiger partial charge is 0.492 e. The van der Waals surface area contributed by atoms with Gasteiger partial charge < -0.3 is 4.74 Å². The molecule has 0 saturated carbocycles. The molecule has 0 N–H and O–H groups in total. The molecule has 2 nitrogen and oxygen atoms in total. The summed E-state index contributed by atoms with van der Waals surface area (Å²) in [5.74, 6) is 1.54. The van der Waals surface area contributed by atoms with Crippen molar-refractivity contribution in [3.63, 3.8) is 0 Å². The van der Waals surface area contributed by atoms with Gasteiger partial charge >= 0.3 is 0 Å². The van der Waals surface area contributed by atoms with Gasteiger partial charge in [0.15, 0.2) is 0 Å². The molecule has 2 rings (SSSR count). The number of nitrogens with zero attached hydrogens (tertiary/aromatic N) is 1. The van der Waals surface area contributed by atoms with E-state index in [1.807, 2.05) is 30.3 Å². The molecular formula is C14H20ClNO. The first-order chi connectivity index (χ1) is 8.25. The van der Waals surface area contributed by atoms with Crippen molar-refractivity contribution in [2.75, 3.05) is 26.2 Å². The van der Waals surface area contributed by atoms with Gasteiger partial charge in [-0.2, -0.15) is 0 Å². The van der Waals surface area contributed by atoms with E-state index in [1.54, 1.807) is 0 Å². The van der Waals surface area contributed by atoms with E-state index >= 15 is 0 Å². The molecule has 1 aromatic carbocycles. The van der Waals surface area contributed by atoms with Crippen LogP contribution in [0, 0.1) is 5.92 Å². The van der Waals surface area contributed by atoms with Gasteiger partial charge in [0.05, 0.1) is 0 Å². The van der Waals surface area contributed by atoms with Gasteiger partial charge in [0.2, 0.25) is 0 Å². The molecule has 0 aliphatic carbocycles. The fourth-order valence-electron chi connectivity index (χ4n) is 2.22. The van der Waals surface area contributed by atoms with Crippen LogP contribution >= 0.6 is 11.6 Å². The summed E-state index contributed by atoms with van der Waals surface area (Å²) in [6.45, 7) is 6.15. The van der Waals surface area contributed by atoms with Crippen LogP contribution in [0.2, 0.25) is 0 Å². The van der Waals surface area contributed by atoms with Crippen molar-refractivity contribution in [3.05, 3.63) is 30.3 Å². The zero-order valence-electron chi connectivity index (χ0n) is 10.3. The van der Waals surface area contributed by atoms with Crippen LogP contribution in [-0.2, 0) is 0 Å². The minimum absolute atomic E-state index is 0.348. The Bertz CT molecular complexity index is 330. The van der Waals surface area contributed by atoms with E-state index in [-0.39, 0.29) is 0 Å². The summed E-state index contributed by atoms with van der Waals surface area (Å²) in [6, 6.07) is 9.98. The number of alkyl halides is 1. The van der Waals surface area contributed by atoms with Crippen LogP contribution in [0.4, 0.5) is 0 Å². The van der Waals surface area contributed by atoms with Gasteiger partial charge in [-0.25, -0.2) is 0 Å². The second-order valence-corrected chi connectivity index (χ2v) is 5.30. The van der Waals surface area contributed by atoms with Crippen molar-refractivity contribution >= 4 is 11.6 Å². The molecule has 1 fully saturated rings. The van der Waals surface area contributed by atoms with E-state index in [2.05, 4.69) is 11.8 Å². The first kappa shape index (κ1) is 12.7. The Hall–Kier alpha value is -0.730. The highest BCUT2D eigenvalue weighted by molar-refractivity contribution is 6.20. The van der Waals surface area contributed by atoms with E-state index in [0.717, 1.165) is 38.4 Å². The molecule has 2 atom stereocenters. The number of likely N-dealkylation sites (tertiary alicyclic amines) is 1. The fraction of sp³-hybridized carbons (Fsp3) is 0.571. The lowest BCUT2D eigenvalue weighted by Gasteiger charge is -2.33. The second-order valence-electron chi connectivity index (χ2n) is 4.74. The topological polar surface area (TPSA) is 12.5 Å². The number of hydrogen-bond donors (Lipinski definition) is 0. The van der Waals surface area contributed by atoms with Crippen molar-refractivity contribution < 1.29 is 4.74 Å². The highest BCUT2D eigenvalue weighted by atomic mass is 35.5. The van der Waals surface area contributed by atoms with Gasteiger partial charge in [-0.3, -0.25) is 4.90 Å². The maximum absolute atomic E-state index is 6.20. The van der Waals surface area contributed by atoms with E-state index in [9.17, 15) is 0 Å². The summed E-state index contributed by atoms with van der Waals surface area (Å²) in [7, 11) is 0. The lowest BCUT2D eigenvalue weighted by molar-refractivity contribution is 0.156. The number of benzene rings is 1. The fourth-order valence-corrected chi connectivity index (χ4v) is 2.39. The van der Waals surface area contributed by atoms with Gasteiger partial charge in [0.25, 0.3) is 0 Å². The minimum Gasteiger partial charge on any atom is -0.492 e. The zero-order chi connectivity index (χ0) is 12.1. The van der Waals surface area contributed by atoms with E-state index in [0.29, 0.717) is 11.3 Å². The third-order valence-corrected chi connectivity index (χ3v) is 3.95. The zero-order valence-corrected chi connectivity index (χ0v) is 11.1. The quantitative estimate of drug-likeness (QED) is 0.765. The summed E-state index contributed by atoms with van der Waals surface area (Å²) >= 11 is 6.20. The predicted octanol–water partition coefficient (Wildman–Crippen LogP) is 3.01. The van der Waals surface area contributed by atoms with Crippen LogP contribution in [0.5, 0.6) is 5.75 Å². The molecule has 1 heterocycles. The Labute approximate surface area is 109 Å². The summed E-state index contributed by atoms with van der Waals surface area (Å²) in [5.41, 5.74) is 0. The first-order valence-corrected chi connectivity index (χ1v) is 6.73. The van der Waals surface area contributed by atoms with Crippen LogP contribution in [0.25, 0.3) is 0 Å². The highest BCUT2D eigenvalue weighted by Gasteiger charge is 2.23. The van der Waals surface area contributed by atoms with Gasteiger partial charge in [-0.15, -0.1) is 11.6 Å². The maximum Gasteiger partial charge on any atom is 0.119 e. The summed E-state index contributed by atoms with van der Waals surface area (Å²) in [6.07, 6.45) is 1.09. The Morgan fingerprint density at radius 2 is 2.12 bits per heavy atom. The standard InChI is InChI=1S/C14H20ClNO/c1-12-11-16(8-7-14(12)15)9-10-17-13-5-3-2-4-6-13/h2-6,12,14H,7-11H2,1H3. The number of para-hydroxylation sites is 1. The van der Waals surface area contributed by atoms with Crippen molar-refractivity contribution in [3.8, 4) is 5.75 Å². The molecule has 2 unspecified atom stereocenters. The highest BCUT2D eigenvalue weighted by Crippen LogP contribution is 2.21. The third kappa shape index (κ3) is 3.90. The molecule has 0 amide bonds. The Morgan fingerprint density at radius 1 is 1.35 bits per heavy atom. The average molecular weight is 254 g/mol. The maximum atomic E-state index is 6.20. The monoisotopic (exact) mass is 253 g/mol. The van der Waals surface area contributed by atoms with Gasteiger partial charge in [-0.05, 0) is 31.0 Å². The van der Waals surface area contributed by atoms with Crippen molar-refractivity contribution in [2.24, 2.45) is 5.92 Å². The van der Waals surface area contributed by atoms with Crippen LogP contribution in [0.3, 0.4) is 0 Å². The third-order valence-electron chi connectivity index (χ3n) is 3.30. The van der Waals surface area contributed by atoms with Gasteiger partial charge in [-0.1, -0.05) is 25.1 Å². The normalized spacial score (nSPS) is 25.8. The number of rotatable bonds is 4. The molecule has 1 aromatic rings. The predicted molar refractivity (Wildman–Crippen MR) is 71.8 cm³/mol. The van der Waals surface area contributed by atoms with E-state index in [4.69, 9.17) is 16.3 Å². The summed E-state index contributed by atoms with van der Waals surface area (Å²) < 4.78 is 5.70. The van der Waals surface area contributed by atoms with Crippen LogP contribution < -0.4 is 4.74 Å². The van der Waals surface area contributed by atoms with Gasteiger partial charge in [0.1, 0.15) is 12.4 Å². The van der Waals surface area contributed by atoms with Crippen molar-refractivity contribution in [1.29, 1.82) is 0 Å². The molecule has 94 valence electrons. The Morgan fingerprint density at radius 3 is 2.82 bits per heavy atom. The molecule has 3 heteroatoms. The summed E-state index contributed by atoms with van der Waals surface area (Å²) in [5, 5.41) is 0.348. The molecule has 0 bridgehead atoms. The molecule has 0 spiro atoms. The molecule has 17 heavy (non-hydrogen) atoms. The molecule has 1 saturated heterocycles. The van der Waals surface area contributed by atoms with E-state index < -0.39 is 0 Å². The molecule has 1 aliphatic rings. The number of ether oxygens (including phenoxy) is 1. The lowest BCUT2D eigenvalue weighted by atomic mass is 10.00. The first-order valence-electron chi connectivity index (χ1n) is 6.30. The van der Waals surface area contributed by atoms with Gasteiger partial charge in [0, 0.05) is 18.5 Å². The SMILES string of the molecule is CC1CN(CCOc2ccccc2)CCC1Cl. The molecule has 1 aliphatic heterocycles. The Balaban J connectivity index is 1.69. The van der Waals surface area contributed by atoms with E-state index in [1.165, 1.54) is 0 Å². The molecule has 0 radical (unpaired) electrons. The van der Waals surface area contributed by atoms with Crippen molar-refractivity contribution in [2.45, 2.75) is 18.7 Å². The Kier molecular flexibility index (Phi) is 4.69. The van der Waals surface area contributed by atoms with Crippen LogP contribution in [0.15, 0.2) is 30.3 Å². The van der Waals surface area contributed by atoms with Crippen LogP contribution in [-0.4, -0.2) is 36.5 Å². The number of halogens is 1. The lowest BCUT2D eigenvalue weighted by Crippen LogP contribution is -2.41. The average Bonchev–Trinajstić information content (AvgIpc) is 2.35. The molecular weight excluding hydrogens is 234 g/mol. The minimum atomic E-state index is 0.348. The van der Waals surface area contributed by atoms with Crippen molar-refractivity contribution in [1.82, 2.24) is 4.90 Å². The number of hydrogen-bond acceptors (Lipinski definition) is 2. The molecule has 0 aromatic heterocycles. The van der Waals surface area contributed by atoms with Crippen LogP contribution in [0.1, 0.15) is 13.3 Å². The number of piperidine rings is 1. The smallest absolute Gasteiger partial charge is 0.119 e. The second kappa shape index (κ2) is 6.27.